The van der Waals surface area contributed by atoms with Crippen molar-refractivity contribution < 1.29 is 19.0 Å². The van der Waals surface area contributed by atoms with E-state index in [0.29, 0.717) is 23.7 Å². The number of hydrogen-bond donors (Lipinski definition) is 0. The maximum absolute atomic E-state index is 12.4. The van der Waals surface area contributed by atoms with Crippen LogP contribution in [0.25, 0.3) is 6.08 Å². The Bertz CT molecular complexity index is 730. The second kappa shape index (κ2) is 8.58. The van der Waals surface area contributed by atoms with Gasteiger partial charge in [-0.2, -0.15) is 0 Å². The topological polar surface area (TPSA) is 44.8 Å². The van der Waals surface area contributed by atoms with Crippen LogP contribution in [-0.2, 0) is 0 Å². The van der Waals surface area contributed by atoms with Gasteiger partial charge in [-0.25, -0.2) is 0 Å². The summed E-state index contributed by atoms with van der Waals surface area (Å²) < 4.78 is 15.8. The normalized spacial score (nSPS) is 10.4. The Morgan fingerprint density at radius 3 is 2.38 bits per heavy atom. The summed E-state index contributed by atoms with van der Waals surface area (Å²) in [6.45, 7) is 4.07. The number of carbonyl (C=O) groups excluding carboxylic acids is 1. The first-order valence-electron chi connectivity index (χ1n) is 7.46. The molecule has 0 unspecified atom stereocenters. The minimum atomic E-state index is -0.138. The summed E-state index contributed by atoms with van der Waals surface area (Å²) in [5.74, 6) is 1.75. The number of hydrogen-bond acceptors (Lipinski definition) is 4. The van der Waals surface area contributed by atoms with Crippen LogP contribution in [0.1, 0.15) is 15.9 Å². The van der Waals surface area contributed by atoms with Gasteiger partial charge < -0.3 is 14.2 Å². The van der Waals surface area contributed by atoms with Crippen LogP contribution < -0.4 is 14.2 Å². The van der Waals surface area contributed by atoms with Gasteiger partial charge in [0.2, 0.25) is 0 Å². The van der Waals surface area contributed by atoms with Gasteiger partial charge in [-0.15, -0.1) is 0 Å². The van der Waals surface area contributed by atoms with Crippen molar-refractivity contribution >= 4 is 11.9 Å². The molecule has 4 heteroatoms. The molecular weight excluding hydrogens is 304 g/mol. The number of ether oxygens (including phenoxy) is 3. The quantitative estimate of drug-likeness (QED) is 0.415. The molecule has 4 nitrogen and oxygen atoms in total. The van der Waals surface area contributed by atoms with Gasteiger partial charge in [0.15, 0.2) is 5.78 Å². The van der Waals surface area contributed by atoms with E-state index < -0.39 is 0 Å². The summed E-state index contributed by atoms with van der Waals surface area (Å²) in [4.78, 5) is 12.4. The number of allylic oxidation sites excluding steroid dienone is 1. The first-order chi connectivity index (χ1) is 11.7. The second-order valence-electron chi connectivity index (χ2n) is 4.93. The number of benzene rings is 2. The Morgan fingerprint density at radius 1 is 1.04 bits per heavy atom. The van der Waals surface area contributed by atoms with Crippen molar-refractivity contribution in [2.45, 2.75) is 0 Å². The molecule has 0 aliphatic heterocycles. The van der Waals surface area contributed by atoms with Crippen molar-refractivity contribution in [2.24, 2.45) is 0 Å². The van der Waals surface area contributed by atoms with Crippen molar-refractivity contribution in [1.29, 1.82) is 0 Å². The molecule has 0 spiro atoms. The van der Waals surface area contributed by atoms with Gasteiger partial charge in [0.25, 0.3) is 0 Å². The molecule has 124 valence electrons. The van der Waals surface area contributed by atoms with Crippen molar-refractivity contribution in [2.75, 3.05) is 20.8 Å². The Kier molecular flexibility index (Phi) is 6.20. The predicted octanol–water partition coefficient (Wildman–Crippen LogP) is 4.16. The third kappa shape index (κ3) is 4.49. The zero-order valence-corrected chi connectivity index (χ0v) is 13.8. The predicted molar refractivity (Wildman–Crippen MR) is 95.0 cm³/mol. The van der Waals surface area contributed by atoms with Crippen molar-refractivity contribution in [3.63, 3.8) is 0 Å². The van der Waals surface area contributed by atoms with Gasteiger partial charge in [-0.05, 0) is 35.9 Å². The largest absolute Gasteiger partial charge is 0.497 e. The van der Waals surface area contributed by atoms with Crippen LogP contribution in [-0.4, -0.2) is 26.6 Å². The molecule has 0 N–H and O–H groups in total. The molecule has 24 heavy (non-hydrogen) atoms. The number of methoxy groups -OCH3 is 2. The van der Waals surface area contributed by atoms with Gasteiger partial charge in [0.1, 0.15) is 23.9 Å². The average molecular weight is 324 g/mol. The van der Waals surface area contributed by atoms with Gasteiger partial charge in [0.05, 0.1) is 19.8 Å². The summed E-state index contributed by atoms with van der Waals surface area (Å²) in [7, 11) is 3.09. The Labute approximate surface area is 142 Å². The molecule has 0 saturated heterocycles. The summed E-state index contributed by atoms with van der Waals surface area (Å²) >= 11 is 0. The molecule has 0 aliphatic carbocycles. The Morgan fingerprint density at radius 2 is 1.75 bits per heavy atom. The van der Waals surface area contributed by atoms with E-state index in [2.05, 4.69) is 6.58 Å². The molecule has 2 aromatic rings. The SMILES string of the molecule is C=CCOc1ccc(/C=C/C(=O)c2ccc(OC)cc2OC)cc1. The summed E-state index contributed by atoms with van der Waals surface area (Å²) in [5.41, 5.74) is 1.39. The highest BCUT2D eigenvalue weighted by molar-refractivity contribution is 6.08. The van der Waals surface area contributed by atoms with E-state index in [1.165, 1.54) is 13.2 Å². The van der Waals surface area contributed by atoms with Crippen LogP contribution in [0.5, 0.6) is 17.2 Å². The molecule has 0 heterocycles. The number of ketones is 1. The summed E-state index contributed by atoms with van der Waals surface area (Å²) in [6.07, 6.45) is 4.96. The summed E-state index contributed by atoms with van der Waals surface area (Å²) in [6, 6.07) is 12.6. The molecule has 0 atom stereocenters. The van der Waals surface area contributed by atoms with E-state index in [0.717, 1.165) is 11.3 Å². The third-order valence-corrected chi connectivity index (χ3v) is 3.35. The zero-order chi connectivity index (χ0) is 17.4. The van der Waals surface area contributed by atoms with E-state index in [1.807, 2.05) is 24.3 Å². The summed E-state index contributed by atoms with van der Waals surface area (Å²) in [5, 5.41) is 0. The lowest BCUT2D eigenvalue weighted by atomic mass is 10.1. The molecular formula is C20H20O4. The molecule has 0 aromatic heterocycles. The van der Waals surface area contributed by atoms with Crippen LogP contribution in [0.3, 0.4) is 0 Å². The van der Waals surface area contributed by atoms with Crippen LogP contribution in [0.4, 0.5) is 0 Å². The number of rotatable bonds is 8. The average Bonchev–Trinajstić information content (AvgIpc) is 2.64. The minimum Gasteiger partial charge on any atom is -0.497 e. The molecule has 2 aromatic carbocycles. The van der Waals surface area contributed by atoms with Gasteiger partial charge in [-0.1, -0.05) is 30.9 Å². The molecule has 2 rings (SSSR count). The molecule has 0 amide bonds. The van der Waals surface area contributed by atoms with Crippen molar-refractivity contribution in [3.8, 4) is 17.2 Å². The smallest absolute Gasteiger partial charge is 0.189 e. The molecule has 0 saturated carbocycles. The molecule has 0 bridgehead atoms. The standard InChI is InChI=1S/C20H20O4/c1-4-13-24-16-8-5-15(6-9-16)7-12-19(21)18-11-10-17(22-2)14-20(18)23-3/h4-12,14H,1,13H2,2-3H3/b12-7+. The maximum atomic E-state index is 12.4. The van der Waals surface area contributed by atoms with Gasteiger partial charge in [0, 0.05) is 6.07 Å². The van der Waals surface area contributed by atoms with Crippen molar-refractivity contribution in [3.05, 3.63) is 72.3 Å². The van der Waals surface area contributed by atoms with E-state index in [9.17, 15) is 4.79 Å². The molecule has 0 radical (unpaired) electrons. The first kappa shape index (κ1) is 17.3. The Balaban J connectivity index is 2.11. The highest BCUT2D eigenvalue weighted by Gasteiger charge is 2.10. The fourth-order valence-corrected chi connectivity index (χ4v) is 2.09. The van der Waals surface area contributed by atoms with E-state index in [1.54, 1.807) is 37.5 Å². The van der Waals surface area contributed by atoms with Crippen LogP contribution in [0.15, 0.2) is 61.2 Å². The van der Waals surface area contributed by atoms with Crippen LogP contribution in [0.2, 0.25) is 0 Å². The lowest BCUT2D eigenvalue weighted by Crippen LogP contribution is -1.99. The van der Waals surface area contributed by atoms with Crippen LogP contribution >= 0.6 is 0 Å². The minimum absolute atomic E-state index is 0.138. The Hall–Kier alpha value is -3.01. The fourth-order valence-electron chi connectivity index (χ4n) is 2.09. The van der Waals surface area contributed by atoms with E-state index in [-0.39, 0.29) is 5.78 Å². The highest BCUT2D eigenvalue weighted by atomic mass is 16.5. The molecule has 0 aliphatic rings. The lowest BCUT2D eigenvalue weighted by Gasteiger charge is -2.08. The van der Waals surface area contributed by atoms with Gasteiger partial charge in [-0.3, -0.25) is 4.79 Å². The third-order valence-electron chi connectivity index (χ3n) is 3.35. The second-order valence-corrected chi connectivity index (χ2v) is 4.93. The monoisotopic (exact) mass is 324 g/mol. The van der Waals surface area contributed by atoms with Crippen molar-refractivity contribution in [1.82, 2.24) is 0 Å². The van der Waals surface area contributed by atoms with Crippen LogP contribution in [0, 0.1) is 0 Å². The fraction of sp³-hybridized carbons (Fsp3) is 0.150. The maximum Gasteiger partial charge on any atom is 0.189 e. The number of carbonyl (C=O) groups is 1. The lowest BCUT2D eigenvalue weighted by molar-refractivity contribution is 0.104. The van der Waals surface area contributed by atoms with Gasteiger partial charge >= 0.3 is 0 Å². The molecule has 0 fully saturated rings. The highest BCUT2D eigenvalue weighted by Crippen LogP contribution is 2.25. The first-order valence-corrected chi connectivity index (χ1v) is 7.46. The van der Waals surface area contributed by atoms with E-state index >= 15 is 0 Å². The van der Waals surface area contributed by atoms with E-state index in [4.69, 9.17) is 14.2 Å². The zero-order valence-electron chi connectivity index (χ0n) is 13.8.